The molecule has 1 aromatic carbocycles. The summed E-state index contributed by atoms with van der Waals surface area (Å²) in [6.45, 7) is 6.89. The number of hydrogen-bond acceptors (Lipinski definition) is 5. The van der Waals surface area contributed by atoms with Crippen molar-refractivity contribution in [2.24, 2.45) is 5.92 Å². The van der Waals surface area contributed by atoms with Crippen molar-refractivity contribution in [3.05, 3.63) is 36.7 Å². The number of piperidine rings is 1. The average Bonchev–Trinajstić information content (AvgIpc) is 3.09. The Balaban J connectivity index is 1.61. The molecule has 7 nitrogen and oxygen atoms in total. The molecule has 0 spiro atoms. The number of carbonyl (C=O) groups is 1. The summed E-state index contributed by atoms with van der Waals surface area (Å²) in [4.78, 5) is 18.7. The van der Waals surface area contributed by atoms with Gasteiger partial charge < -0.3 is 9.64 Å². The minimum Gasteiger partial charge on any atom is -0.444 e. The van der Waals surface area contributed by atoms with E-state index in [1.165, 1.54) is 4.31 Å². The third-order valence-corrected chi connectivity index (χ3v) is 7.64. The van der Waals surface area contributed by atoms with E-state index >= 15 is 0 Å². The summed E-state index contributed by atoms with van der Waals surface area (Å²) < 4.78 is 34.0. The number of pyridine rings is 1. The zero-order valence-corrected chi connectivity index (χ0v) is 17.9. The normalized spacial score (nSPS) is 23.2. The summed E-state index contributed by atoms with van der Waals surface area (Å²) in [5, 5.41) is 1.46. The summed E-state index contributed by atoms with van der Waals surface area (Å²) in [7, 11) is -3.68. The van der Waals surface area contributed by atoms with Gasteiger partial charge in [-0.3, -0.25) is 4.98 Å². The van der Waals surface area contributed by atoms with E-state index in [0.717, 1.165) is 18.2 Å². The van der Waals surface area contributed by atoms with Crippen LogP contribution < -0.4 is 0 Å². The number of ether oxygens (including phenoxy) is 1. The average molecular weight is 418 g/mol. The molecular formula is C21H27N3O4S. The smallest absolute Gasteiger partial charge is 0.410 e. The molecule has 2 aliphatic rings. The molecule has 2 aliphatic heterocycles. The molecule has 8 heteroatoms. The largest absolute Gasteiger partial charge is 0.444 e. The fourth-order valence-corrected chi connectivity index (χ4v) is 6.02. The van der Waals surface area contributed by atoms with Gasteiger partial charge in [0, 0.05) is 42.8 Å². The van der Waals surface area contributed by atoms with Crippen LogP contribution in [0.15, 0.2) is 41.6 Å². The lowest BCUT2D eigenvalue weighted by molar-refractivity contribution is 0.0166. The van der Waals surface area contributed by atoms with Crippen LogP contribution in [-0.4, -0.2) is 60.0 Å². The van der Waals surface area contributed by atoms with Gasteiger partial charge in [0.15, 0.2) is 0 Å². The highest BCUT2D eigenvalue weighted by molar-refractivity contribution is 7.89. The third kappa shape index (κ3) is 3.83. The lowest BCUT2D eigenvalue weighted by Crippen LogP contribution is -2.52. The van der Waals surface area contributed by atoms with Crippen LogP contribution in [0.1, 0.15) is 33.6 Å². The minimum absolute atomic E-state index is 0.148. The van der Waals surface area contributed by atoms with E-state index in [0.29, 0.717) is 30.9 Å². The molecule has 2 saturated heterocycles. The first-order valence-electron chi connectivity index (χ1n) is 9.99. The maximum absolute atomic E-state index is 13.5. The molecule has 2 atom stereocenters. The molecule has 0 saturated carbocycles. The number of hydrogen-bond donors (Lipinski definition) is 0. The number of sulfonamides is 1. The Morgan fingerprint density at radius 2 is 1.93 bits per heavy atom. The number of aromatic nitrogens is 1. The number of nitrogens with zero attached hydrogens (tertiary/aromatic N) is 3. The summed E-state index contributed by atoms with van der Waals surface area (Å²) in [6.07, 6.45) is 4.55. The van der Waals surface area contributed by atoms with Crippen LogP contribution in [0, 0.1) is 5.92 Å². The number of carbonyl (C=O) groups excluding carboxylic acids is 1. The van der Waals surface area contributed by atoms with Crippen molar-refractivity contribution in [1.29, 1.82) is 0 Å². The number of rotatable bonds is 2. The Hall–Kier alpha value is -2.19. The maximum atomic E-state index is 13.5. The second kappa shape index (κ2) is 7.25. The van der Waals surface area contributed by atoms with Gasteiger partial charge in [-0.25, -0.2) is 13.2 Å². The van der Waals surface area contributed by atoms with Crippen LogP contribution in [0.4, 0.5) is 4.79 Å². The second-order valence-electron chi connectivity index (χ2n) is 8.79. The maximum Gasteiger partial charge on any atom is 0.410 e. The van der Waals surface area contributed by atoms with E-state index < -0.39 is 15.6 Å². The molecule has 156 valence electrons. The van der Waals surface area contributed by atoms with Crippen LogP contribution in [0.3, 0.4) is 0 Å². The monoisotopic (exact) mass is 417 g/mol. The van der Waals surface area contributed by atoms with E-state index in [4.69, 9.17) is 4.74 Å². The van der Waals surface area contributed by atoms with Crippen LogP contribution in [-0.2, 0) is 14.8 Å². The molecule has 0 bridgehead atoms. The Morgan fingerprint density at radius 3 is 2.69 bits per heavy atom. The van der Waals surface area contributed by atoms with Gasteiger partial charge in [0.25, 0.3) is 0 Å². The highest BCUT2D eigenvalue weighted by Crippen LogP contribution is 2.35. The first kappa shape index (κ1) is 20.1. The predicted molar refractivity (Wildman–Crippen MR) is 110 cm³/mol. The van der Waals surface area contributed by atoms with Crippen molar-refractivity contribution in [2.45, 2.75) is 50.2 Å². The SMILES string of the molecule is CC(C)(C)OC(=O)N1CCC2CCN(S(=O)(=O)c3cccc4cnccc34)CC21. The molecule has 1 aromatic heterocycles. The van der Waals surface area contributed by atoms with Crippen LogP contribution in [0.25, 0.3) is 10.8 Å². The fraction of sp³-hybridized carbons (Fsp3) is 0.524. The highest BCUT2D eigenvalue weighted by Gasteiger charge is 2.44. The highest BCUT2D eigenvalue weighted by atomic mass is 32.2. The van der Waals surface area contributed by atoms with Gasteiger partial charge in [-0.1, -0.05) is 12.1 Å². The van der Waals surface area contributed by atoms with Crippen molar-refractivity contribution in [3.8, 4) is 0 Å². The molecule has 4 rings (SSSR count). The van der Waals surface area contributed by atoms with E-state index in [2.05, 4.69) is 4.98 Å². The molecule has 2 unspecified atom stereocenters. The Morgan fingerprint density at radius 1 is 1.17 bits per heavy atom. The van der Waals surface area contributed by atoms with Crippen molar-refractivity contribution in [3.63, 3.8) is 0 Å². The van der Waals surface area contributed by atoms with E-state index in [1.807, 2.05) is 26.8 Å². The summed E-state index contributed by atoms with van der Waals surface area (Å²) in [6, 6.07) is 6.83. The van der Waals surface area contributed by atoms with Crippen molar-refractivity contribution >= 4 is 26.9 Å². The lowest BCUT2D eigenvalue weighted by Gasteiger charge is -2.38. The van der Waals surface area contributed by atoms with Crippen LogP contribution in [0.5, 0.6) is 0 Å². The molecular weight excluding hydrogens is 390 g/mol. The zero-order valence-electron chi connectivity index (χ0n) is 17.0. The van der Waals surface area contributed by atoms with Gasteiger partial charge in [0.1, 0.15) is 5.60 Å². The number of benzene rings is 1. The van der Waals surface area contributed by atoms with E-state index in [1.54, 1.807) is 35.5 Å². The van der Waals surface area contributed by atoms with Crippen LogP contribution >= 0.6 is 0 Å². The predicted octanol–water partition coefficient (Wildman–Crippen LogP) is 3.25. The summed E-state index contributed by atoms with van der Waals surface area (Å²) >= 11 is 0. The molecule has 1 amide bonds. The molecule has 0 radical (unpaired) electrons. The van der Waals surface area contributed by atoms with Crippen LogP contribution in [0.2, 0.25) is 0 Å². The van der Waals surface area contributed by atoms with Gasteiger partial charge in [0.2, 0.25) is 10.0 Å². The topological polar surface area (TPSA) is 79.8 Å². The summed E-state index contributed by atoms with van der Waals surface area (Å²) in [5.41, 5.74) is -0.577. The number of amides is 1. The van der Waals surface area contributed by atoms with E-state index in [-0.39, 0.29) is 17.0 Å². The summed E-state index contributed by atoms with van der Waals surface area (Å²) in [5.74, 6) is 0.311. The molecule has 0 N–H and O–H groups in total. The van der Waals surface area contributed by atoms with Gasteiger partial charge >= 0.3 is 6.09 Å². The second-order valence-corrected chi connectivity index (χ2v) is 10.7. The standard InChI is InChI=1S/C21H27N3O4S/c1-21(2,3)28-20(25)24-12-9-15-8-11-23(14-18(15)24)29(26,27)19-6-4-5-16-13-22-10-7-17(16)19/h4-7,10,13,15,18H,8-9,11-12,14H2,1-3H3. The van der Waals surface area contributed by atoms with Gasteiger partial charge in [-0.15, -0.1) is 0 Å². The van der Waals surface area contributed by atoms with Gasteiger partial charge in [-0.05, 0) is 51.7 Å². The third-order valence-electron chi connectivity index (χ3n) is 5.71. The first-order chi connectivity index (χ1) is 13.7. The Bertz CT molecular complexity index is 1030. The number of likely N-dealkylation sites (tertiary alicyclic amines) is 1. The Labute approximate surface area is 171 Å². The van der Waals surface area contributed by atoms with Crippen molar-refractivity contribution in [2.75, 3.05) is 19.6 Å². The molecule has 2 fully saturated rings. The molecule has 2 aromatic rings. The van der Waals surface area contributed by atoms with Crippen molar-refractivity contribution in [1.82, 2.24) is 14.2 Å². The number of fused-ring (bicyclic) bond motifs is 2. The molecule has 0 aliphatic carbocycles. The Kier molecular flexibility index (Phi) is 5.02. The van der Waals surface area contributed by atoms with Gasteiger partial charge in [-0.2, -0.15) is 4.31 Å². The van der Waals surface area contributed by atoms with E-state index in [9.17, 15) is 13.2 Å². The fourth-order valence-electron chi connectivity index (χ4n) is 4.33. The lowest BCUT2D eigenvalue weighted by atomic mass is 9.93. The molecule has 29 heavy (non-hydrogen) atoms. The van der Waals surface area contributed by atoms with Crippen molar-refractivity contribution < 1.29 is 17.9 Å². The zero-order chi connectivity index (χ0) is 20.8. The van der Waals surface area contributed by atoms with Gasteiger partial charge in [0.05, 0.1) is 10.9 Å². The first-order valence-corrected chi connectivity index (χ1v) is 11.4. The quantitative estimate of drug-likeness (QED) is 0.749. The molecule has 3 heterocycles. The minimum atomic E-state index is -3.68.